The van der Waals surface area contributed by atoms with E-state index in [2.05, 4.69) is 5.32 Å². The number of nitrogens with zero attached hydrogens (tertiary/aromatic N) is 1. The van der Waals surface area contributed by atoms with Crippen molar-refractivity contribution >= 4 is 29.1 Å². The van der Waals surface area contributed by atoms with Gasteiger partial charge in [-0.3, -0.25) is 4.79 Å². The lowest BCUT2D eigenvalue weighted by atomic mass is 10.2. The molecule has 1 atom stereocenters. The van der Waals surface area contributed by atoms with E-state index >= 15 is 0 Å². The van der Waals surface area contributed by atoms with Gasteiger partial charge in [0.15, 0.2) is 0 Å². The van der Waals surface area contributed by atoms with E-state index in [9.17, 15) is 4.79 Å². The van der Waals surface area contributed by atoms with E-state index in [1.807, 2.05) is 13.8 Å². The maximum absolute atomic E-state index is 11.9. The highest BCUT2D eigenvalue weighted by Crippen LogP contribution is 2.20. The van der Waals surface area contributed by atoms with Crippen LogP contribution in [0.4, 0.5) is 0 Å². The van der Waals surface area contributed by atoms with Crippen LogP contribution in [0.2, 0.25) is 10.0 Å². The predicted molar refractivity (Wildman–Crippen MR) is 76.1 cm³/mol. The van der Waals surface area contributed by atoms with Gasteiger partial charge in [0.2, 0.25) is 5.91 Å². The fraction of sp³-hybridized carbons (Fsp3) is 0.462. The first-order chi connectivity index (χ1) is 8.45. The quantitative estimate of drug-likeness (QED) is 0.904. The van der Waals surface area contributed by atoms with Crippen LogP contribution in [0.1, 0.15) is 19.4 Å². The van der Waals surface area contributed by atoms with Crippen molar-refractivity contribution in [3.8, 4) is 0 Å². The molecule has 1 aromatic carbocycles. The van der Waals surface area contributed by atoms with Gasteiger partial charge in [0.1, 0.15) is 0 Å². The number of likely N-dealkylation sites (N-methyl/N-ethyl adjacent to an activating group) is 1. The van der Waals surface area contributed by atoms with Crippen molar-refractivity contribution in [3.05, 3.63) is 33.8 Å². The molecule has 3 nitrogen and oxygen atoms in total. The van der Waals surface area contributed by atoms with E-state index < -0.39 is 0 Å². The van der Waals surface area contributed by atoms with Gasteiger partial charge in [-0.25, -0.2) is 0 Å². The molecular formula is C13H18Cl2N2O. The lowest BCUT2D eigenvalue weighted by molar-refractivity contribution is -0.131. The van der Waals surface area contributed by atoms with Crippen molar-refractivity contribution in [2.45, 2.75) is 26.4 Å². The molecule has 18 heavy (non-hydrogen) atoms. The number of amides is 1. The van der Waals surface area contributed by atoms with Crippen molar-refractivity contribution in [3.63, 3.8) is 0 Å². The second kappa shape index (κ2) is 6.98. The van der Waals surface area contributed by atoms with E-state index in [0.29, 0.717) is 23.1 Å². The number of halogens is 2. The molecule has 1 rings (SSSR count). The molecule has 0 aromatic heterocycles. The summed E-state index contributed by atoms with van der Waals surface area (Å²) in [5.74, 6) is 0.0654. The summed E-state index contributed by atoms with van der Waals surface area (Å²) in [5, 5.41) is 4.44. The van der Waals surface area contributed by atoms with Gasteiger partial charge in [-0.15, -0.1) is 0 Å². The first-order valence-electron chi connectivity index (χ1n) is 5.88. The summed E-state index contributed by atoms with van der Waals surface area (Å²) in [6, 6.07) is 5.06. The van der Waals surface area contributed by atoms with Crippen molar-refractivity contribution in [1.29, 1.82) is 0 Å². The zero-order valence-electron chi connectivity index (χ0n) is 10.8. The SMILES string of the molecule is CCN(C)C(=O)C(C)NCc1cc(Cl)ccc1Cl. The molecule has 100 valence electrons. The summed E-state index contributed by atoms with van der Waals surface area (Å²) < 4.78 is 0. The molecule has 0 bridgehead atoms. The second-order valence-electron chi connectivity index (χ2n) is 4.19. The number of rotatable bonds is 5. The van der Waals surface area contributed by atoms with Crippen molar-refractivity contribution < 1.29 is 4.79 Å². The monoisotopic (exact) mass is 288 g/mol. The average molecular weight is 289 g/mol. The summed E-state index contributed by atoms with van der Waals surface area (Å²) >= 11 is 12.0. The molecule has 0 spiro atoms. The molecule has 0 aliphatic heterocycles. The van der Waals surface area contributed by atoms with Crippen LogP contribution in [0.25, 0.3) is 0 Å². The second-order valence-corrected chi connectivity index (χ2v) is 5.03. The van der Waals surface area contributed by atoms with Gasteiger partial charge in [-0.2, -0.15) is 0 Å². The molecule has 0 saturated carbocycles. The first-order valence-corrected chi connectivity index (χ1v) is 6.63. The number of hydrogen-bond acceptors (Lipinski definition) is 2. The molecule has 1 unspecified atom stereocenters. The number of nitrogens with one attached hydrogen (secondary N) is 1. The minimum absolute atomic E-state index is 0.0654. The fourth-order valence-corrected chi connectivity index (χ4v) is 1.89. The minimum Gasteiger partial charge on any atom is -0.345 e. The zero-order chi connectivity index (χ0) is 13.7. The fourth-order valence-electron chi connectivity index (χ4n) is 1.52. The van der Waals surface area contributed by atoms with Gasteiger partial charge in [0, 0.05) is 30.2 Å². The average Bonchev–Trinajstić information content (AvgIpc) is 2.37. The number of carbonyl (C=O) groups is 1. The Labute approximate surface area is 118 Å². The molecule has 0 aliphatic carbocycles. The van der Waals surface area contributed by atoms with Crippen molar-refractivity contribution in [2.24, 2.45) is 0 Å². The third-order valence-electron chi connectivity index (χ3n) is 2.83. The molecule has 0 aliphatic rings. The molecule has 1 aromatic rings. The van der Waals surface area contributed by atoms with Gasteiger partial charge in [-0.05, 0) is 37.6 Å². The summed E-state index contributed by atoms with van der Waals surface area (Å²) in [5.41, 5.74) is 0.892. The summed E-state index contributed by atoms with van der Waals surface area (Å²) in [6.07, 6.45) is 0. The predicted octanol–water partition coefficient (Wildman–Crippen LogP) is 2.95. The highest BCUT2D eigenvalue weighted by atomic mass is 35.5. The zero-order valence-corrected chi connectivity index (χ0v) is 12.3. The van der Waals surface area contributed by atoms with E-state index in [4.69, 9.17) is 23.2 Å². The van der Waals surface area contributed by atoms with Crippen LogP contribution in [0, 0.1) is 0 Å². The van der Waals surface area contributed by atoms with Crippen LogP contribution in [-0.2, 0) is 11.3 Å². The molecular weight excluding hydrogens is 271 g/mol. The van der Waals surface area contributed by atoms with E-state index in [1.54, 1.807) is 30.1 Å². The lowest BCUT2D eigenvalue weighted by Gasteiger charge is -2.20. The first kappa shape index (κ1) is 15.3. The number of hydrogen-bond donors (Lipinski definition) is 1. The summed E-state index contributed by atoms with van der Waals surface area (Å²) in [6.45, 7) is 5.00. The Kier molecular flexibility index (Phi) is 5.93. The van der Waals surface area contributed by atoms with E-state index in [-0.39, 0.29) is 11.9 Å². The molecule has 1 N–H and O–H groups in total. The third kappa shape index (κ3) is 4.16. The summed E-state index contributed by atoms with van der Waals surface area (Å²) in [7, 11) is 1.78. The Bertz CT molecular complexity index is 423. The highest BCUT2D eigenvalue weighted by molar-refractivity contribution is 6.33. The van der Waals surface area contributed by atoms with Crippen LogP contribution < -0.4 is 5.32 Å². The van der Waals surface area contributed by atoms with Gasteiger partial charge in [0.25, 0.3) is 0 Å². The standard InChI is InChI=1S/C13H18Cl2N2O/c1-4-17(3)13(18)9(2)16-8-10-7-11(14)5-6-12(10)15/h5-7,9,16H,4,8H2,1-3H3. The Morgan fingerprint density at radius 1 is 1.44 bits per heavy atom. The molecule has 0 fully saturated rings. The molecule has 0 saturated heterocycles. The van der Waals surface area contributed by atoms with Crippen molar-refractivity contribution in [2.75, 3.05) is 13.6 Å². The minimum atomic E-state index is -0.245. The topological polar surface area (TPSA) is 32.3 Å². The number of carbonyl (C=O) groups excluding carboxylic acids is 1. The van der Waals surface area contributed by atoms with E-state index in [1.165, 1.54) is 0 Å². The smallest absolute Gasteiger partial charge is 0.239 e. The van der Waals surface area contributed by atoms with Gasteiger partial charge in [0.05, 0.1) is 6.04 Å². The van der Waals surface area contributed by atoms with Crippen LogP contribution in [-0.4, -0.2) is 30.4 Å². The van der Waals surface area contributed by atoms with Crippen molar-refractivity contribution in [1.82, 2.24) is 10.2 Å². The van der Waals surface area contributed by atoms with Gasteiger partial charge >= 0.3 is 0 Å². The van der Waals surface area contributed by atoms with E-state index in [0.717, 1.165) is 5.56 Å². The van der Waals surface area contributed by atoms with Gasteiger partial charge < -0.3 is 10.2 Å². The van der Waals surface area contributed by atoms with Crippen LogP contribution >= 0.6 is 23.2 Å². The molecule has 5 heteroatoms. The van der Waals surface area contributed by atoms with Crippen LogP contribution in [0.3, 0.4) is 0 Å². The molecule has 0 radical (unpaired) electrons. The normalized spacial score (nSPS) is 12.3. The Morgan fingerprint density at radius 3 is 2.72 bits per heavy atom. The highest BCUT2D eigenvalue weighted by Gasteiger charge is 2.15. The lowest BCUT2D eigenvalue weighted by Crippen LogP contribution is -2.42. The summed E-state index contributed by atoms with van der Waals surface area (Å²) in [4.78, 5) is 13.5. The maximum Gasteiger partial charge on any atom is 0.239 e. The van der Waals surface area contributed by atoms with Crippen LogP contribution in [0.5, 0.6) is 0 Å². The Morgan fingerprint density at radius 2 is 2.11 bits per heavy atom. The third-order valence-corrected chi connectivity index (χ3v) is 3.43. The maximum atomic E-state index is 11.9. The molecule has 0 heterocycles. The largest absolute Gasteiger partial charge is 0.345 e. The Hall–Kier alpha value is -0.770. The van der Waals surface area contributed by atoms with Crippen LogP contribution in [0.15, 0.2) is 18.2 Å². The van der Waals surface area contributed by atoms with Gasteiger partial charge in [-0.1, -0.05) is 23.2 Å². The number of benzene rings is 1. The molecule has 1 amide bonds. The Balaban J connectivity index is 2.59.